The van der Waals surface area contributed by atoms with Crippen LogP contribution in [0.15, 0.2) is 24.3 Å². The molecule has 1 atom stereocenters. The summed E-state index contributed by atoms with van der Waals surface area (Å²) in [6.45, 7) is 7.43. The van der Waals surface area contributed by atoms with Crippen LogP contribution in [0.5, 0.6) is 0 Å². The molecule has 0 saturated carbocycles. The quantitative estimate of drug-likeness (QED) is 0.646. The van der Waals surface area contributed by atoms with E-state index in [1.807, 2.05) is 12.1 Å². The molecule has 1 heterocycles. The molecule has 0 spiro atoms. The van der Waals surface area contributed by atoms with Crippen molar-refractivity contribution in [3.8, 4) is 0 Å². The molecular weight excluding hydrogens is 196 g/mol. The normalized spacial score (nSPS) is 26.3. The fourth-order valence-electron chi connectivity index (χ4n) is 1.82. The number of hydrogen-bond acceptors (Lipinski definition) is 1. The van der Waals surface area contributed by atoms with E-state index in [2.05, 4.69) is 32.9 Å². The Bertz CT molecular complexity index is 330. The lowest BCUT2D eigenvalue weighted by molar-refractivity contribution is 0.155. The van der Waals surface area contributed by atoms with Crippen LogP contribution in [0, 0.1) is 5.41 Å². The fourth-order valence-corrected chi connectivity index (χ4v) is 1.95. The molecule has 0 aromatic heterocycles. The molecule has 1 fully saturated rings. The first-order chi connectivity index (χ1) is 6.46. The van der Waals surface area contributed by atoms with Crippen LogP contribution in [-0.2, 0) is 10.3 Å². The molecule has 0 aliphatic carbocycles. The predicted octanol–water partition coefficient (Wildman–Crippen LogP) is 3.61. The van der Waals surface area contributed by atoms with E-state index in [9.17, 15) is 0 Å². The molecule has 14 heavy (non-hydrogen) atoms. The second-order valence-electron chi connectivity index (χ2n) is 4.87. The Balaban J connectivity index is 2.36. The molecule has 1 aliphatic heterocycles. The molecule has 0 radical (unpaired) electrons. The smallest absolute Gasteiger partial charge is 0.121 e. The van der Waals surface area contributed by atoms with Crippen molar-refractivity contribution in [3.63, 3.8) is 0 Å². The Morgan fingerprint density at radius 1 is 1.21 bits per heavy atom. The van der Waals surface area contributed by atoms with Crippen molar-refractivity contribution < 1.29 is 4.74 Å². The Labute approximate surface area is 90.0 Å². The predicted molar refractivity (Wildman–Crippen MR) is 58.5 cm³/mol. The number of hydrogen-bond donors (Lipinski definition) is 0. The van der Waals surface area contributed by atoms with Crippen LogP contribution in [0.1, 0.15) is 26.3 Å². The number of halogens is 1. The van der Waals surface area contributed by atoms with E-state index in [1.54, 1.807) is 0 Å². The van der Waals surface area contributed by atoms with Gasteiger partial charge in [0.2, 0.25) is 0 Å². The largest absolute Gasteiger partial charge is 0.364 e. The highest BCUT2D eigenvalue weighted by Crippen LogP contribution is 2.52. The Morgan fingerprint density at radius 3 is 2.07 bits per heavy atom. The molecule has 2 rings (SSSR count). The lowest BCUT2D eigenvalue weighted by Crippen LogP contribution is -2.27. The lowest BCUT2D eigenvalue weighted by Gasteiger charge is -2.27. The highest BCUT2D eigenvalue weighted by Gasteiger charge is 2.55. The summed E-state index contributed by atoms with van der Waals surface area (Å²) in [5.41, 5.74) is 1.28. The van der Waals surface area contributed by atoms with Crippen LogP contribution >= 0.6 is 11.6 Å². The average Bonchev–Trinajstić information content (AvgIpc) is 2.84. The maximum absolute atomic E-state index is 5.86. The van der Waals surface area contributed by atoms with Gasteiger partial charge in [0, 0.05) is 5.02 Å². The summed E-state index contributed by atoms with van der Waals surface area (Å²) in [5, 5.41) is 0.776. The van der Waals surface area contributed by atoms with E-state index in [-0.39, 0.29) is 11.0 Å². The number of ether oxygens (including phenoxy) is 1. The molecule has 1 unspecified atom stereocenters. The molecular formula is C12H15ClO. The zero-order valence-corrected chi connectivity index (χ0v) is 9.56. The standard InChI is InChI=1S/C12H15ClO/c1-11(2,3)12(8-14-12)9-4-6-10(13)7-5-9/h4-7H,8H2,1-3H3. The first kappa shape index (κ1) is 10.0. The van der Waals surface area contributed by atoms with Crippen LogP contribution in [0.25, 0.3) is 0 Å². The van der Waals surface area contributed by atoms with Gasteiger partial charge in [-0.3, -0.25) is 0 Å². The van der Waals surface area contributed by atoms with Crippen LogP contribution in [0.3, 0.4) is 0 Å². The van der Waals surface area contributed by atoms with Crippen molar-refractivity contribution in [2.24, 2.45) is 5.41 Å². The van der Waals surface area contributed by atoms with Gasteiger partial charge in [-0.2, -0.15) is 0 Å². The third-order valence-electron chi connectivity index (χ3n) is 2.96. The first-order valence-electron chi connectivity index (χ1n) is 4.86. The molecule has 1 aliphatic rings. The van der Waals surface area contributed by atoms with Crippen molar-refractivity contribution in [3.05, 3.63) is 34.9 Å². The monoisotopic (exact) mass is 210 g/mol. The first-order valence-corrected chi connectivity index (χ1v) is 5.23. The van der Waals surface area contributed by atoms with Gasteiger partial charge in [-0.25, -0.2) is 0 Å². The van der Waals surface area contributed by atoms with Crippen LogP contribution < -0.4 is 0 Å². The summed E-state index contributed by atoms with van der Waals surface area (Å²) in [6.07, 6.45) is 0. The topological polar surface area (TPSA) is 12.5 Å². The molecule has 2 heteroatoms. The molecule has 1 nitrogen and oxygen atoms in total. The molecule has 0 bridgehead atoms. The summed E-state index contributed by atoms with van der Waals surface area (Å²) >= 11 is 5.86. The molecule has 0 amide bonds. The van der Waals surface area contributed by atoms with Crippen molar-refractivity contribution in [2.45, 2.75) is 26.4 Å². The minimum atomic E-state index is -0.0857. The van der Waals surface area contributed by atoms with Gasteiger partial charge >= 0.3 is 0 Å². The molecule has 1 saturated heterocycles. The van der Waals surface area contributed by atoms with Gasteiger partial charge in [-0.1, -0.05) is 44.5 Å². The van der Waals surface area contributed by atoms with Gasteiger partial charge in [-0.15, -0.1) is 0 Å². The molecule has 0 N–H and O–H groups in total. The Kier molecular flexibility index (Phi) is 2.13. The second-order valence-corrected chi connectivity index (χ2v) is 5.31. The maximum Gasteiger partial charge on any atom is 0.121 e. The van der Waals surface area contributed by atoms with Gasteiger partial charge in [0.25, 0.3) is 0 Å². The van der Waals surface area contributed by atoms with Crippen molar-refractivity contribution >= 4 is 11.6 Å². The Hall–Kier alpha value is -0.530. The minimum Gasteiger partial charge on any atom is -0.364 e. The van der Waals surface area contributed by atoms with Crippen molar-refractivity contribution in [2.75, 3.05) is 6.61 Å². The zero-order valence-electron chi connectivity index (χ0n) is 8.80. The summed E-state index contributed by atoms with van der Waals surface area (Å²) in [7, 11) is 0. The number of benzene rings is 1. The summed E-state index contributed by atoms with van der Waals surface area (Å²) in [6, 6.07) is 7.96. The summed E-state index contributed by atoms with van der Waals surface area (Å²) < 4.78 is 5.64. The van der Waals surface area contributed by atoms with Gasteiger partial charge in [-0.05, 0) is 23.1 Å². The van der Waals surface area contributed by atoms with E-state index in [0.29, 0.717) is 0 Å². The molecule has 1 aromatic carbocycles. The highest BCUT2D eigenvalue weighted by molar-refractivity contribution is 6.30. The number of epoxide rings is 1. The fraction of sp³-hybridized carbons (Fsp3) is 0.500. The lowest BCUT2D eigenvalue weighted by atomic mass is 9.76. The number of rotatable bonds is 1. The van der Waals surface area contributed by atoms with Gasteiger partial charge in [0.15, 0.2) is 0 Å². The molecule has 1 aromatic rings. The van der Waals surface area contributed by atoms with E-state index in [0.717, 1.165) is 11.6 Å². The third kappa shape index (κ3) is 1.45. The van der Waals surface area contributed by atoms with Crippen molar-refractivity contribution in [1.82, 2.24) is 0 Å². The molecule has 76 valence electrons. The summed E-state index contributed by atoms with van der Waals surface area (Å²) in [4.78, 5) is 0. The average molecular weight is 211 g/mol. The maximum atomic E-state index is 5.86. The second kappa shape index (κ2) is 2.98. The van der Waals surface area contributed by atoms with Gasteiger partial charge in [0.1, 0.15) is 5.60 Å². The highest BCUT2D eigenvalue weighted by atomic mass is 35.5. The minimum absolute atomic E-state index is 0.0857. The van der Waals surface area contributed by atoms with E-state index >= 15 is 0 Å². The van der Waals surface area contributed by atoms with E-state index in [4.69, 9.17) is 16.3 Å². The zero-order chi connectivity index (χ0) is 10.4. The summed E-state index contributed by atoms with van der Waals surface area (Å²) in [5.74, 6) is 0. The van der Waals surface area contributed by atoms with Crippen LogP contribution in [-0.4, -0.2) is 6.61 Å². The SMILES string of the molecule is CC(C)(C)C1(c2ccc(Cl)cc2)CO1. The van der Waals surface area contributed by atoms with E-state index < -0.39 is 0 Å². The third-order valence-corrected chi connectivity index (χ3v) is 3.21. The van der Waals surface area contributed by atoms with Gasteiger partial charge in [0.05, 0.1) is 6.61 Å². The Morgan fingerprint density at radius 2 is 1.71 bits per heavy atom. The van der Waals surface area contributed by atoms with E-state index in [1.165, 1.54) is 5.56 Å². The van der Waals surface area contributed by atoms with Crippen molar-refractivity contribution in [1.29, 1.82) is 0 Å². The van der Waals surface area contributed by atoms with Gasteiger partial charge < -0.3 is 4.74 Å². The van der Waals surface area contributed by atoms with Crippen LogP contribution in [0.2, 0.25) is 5.02 Å². The van der Waals surface area contributed by atoms with Crippen LogP contribution in [0.4, 0.5) is 0 Å².